The van der Waals surface area contributed by atoms with Crippen molar-refractivity contribution in [2.75, 3.05) is 19.6 Å². The third kappa shape index (κ3) is 6.83. The first-order valence-corrected chi connectivity index (χ1v) is 12.2. The van der Waals surface area contributed by atoms with Gasteiger partial charge in [-0.2, -0.15) is 0 Å². The Morgan fingerprint density at radius 1 is 0.882 bits per heavy atom. The Bertz CT molecular complexity index is 1050. The summed E-state index contributed by atoms with van der Waals surface area (Å²) in [6.07, 6.45) is 3.82. The quantitative estimate of drug-likeness (QED) is 0.374. The Morgan fingerprint density at radius 3 is 2.15 bits per heavy atom. The van der Waals surface area contributed by atoms with Gasteiger partial charge >= 0.3 is 0 Å². The van der Waals surface area contributed by atoms with Gasteiger partial charge in [0.1, 0.15) is 6.54 Å². The fourth-order valence-corrected chi connectivity index (χ4v) is 4.03. The molecule has 0 fully saturated rings. The molecule has 34 heavy (non-hydrogen) atoms. The summed E-state index contributed by atoms with van der Waals surface area (Å²) in [6, 6.07) is 21.8. The smallest absolute Gasteiger partial charge is 0.254 e. The number of unbranched alkanes of at least 4 members (excludes halogenated alkanes) is 1. The molecule has 0 N–H and O–H groups in total. The summed E-state index contributed by atoms with van der Waals surface area (Å²) in [5.74, 6) is 0.236. The van der Waals surface area contributed by atoms with Gasteiger partial charge in [-0.1, -0.05) is 69.7 Å². The van der Waals surface area contributed by atoms with Crippen LogP contribution in [-0.2, 0) is 18.4 Å². The van der Waals surface area contributed by atoms with Gasteiger partial charge in [-0.25, -0.2) is 0 Å². The first kappa shape index (κ1) is 25.3. The first-order chi connectivity index (χ1) is 16.4. The van der Waals surface area contributed by atoms with E-state index < -0.39 is 0 Å². The van der Waals surface area contributed by atoms with E-state index in [1.165, 1.54) is 0 Å². The molecule has 5 heteroatoms. The fourth-order valence-electron chi connectivity index (χ4n) is 4.03. The van der Waals surface area contributed by atoms with Gasteiger partial charge < -0.3 is 14.4 Å². The molecule has 0 saturated carbocycles. The van der Waals surface area contributed by atoms with Crippen LogP contribution < -0.4 is 0 Å². The van der Waals surface area contributed by atoms with Gasteiger partial charge in [-0.05, 0) is 47.7 Å². The number of rotatable bonds is 11. The fraction of sp³-hybridized carbons (Fsp3) is 0.379. The van der Waals surface area contributed by atoms with Crippen LogP contribution in [0.2, 0.25) is 0 Å². The Labute approximate surface area is 204 Å². The Hall–Kier alpha value is -3.34. The maximum Gasteiger partial charge on any atom is 0.254 e. The van der Waals surface area contributed by atoms with Gasteiger partial charge in [-0.3, -0.25) is 9.59 Å². The molecule has 0 unspecified atom stereocenters. The molecule has 3 aromatic rings. The number of nitrogens with zero attached hydrogens (tertiary/aromatic N) is 3. The Morgan fingerprint density at radius 2 is 1.56 bits per heavy atom. The summed E-state index contributed by atoms with van der Waals surface area (Å²) < 4.78 is 2.04. The van der Waals surface area contributed by atoms with Crippen molar-refractivity contribution in [1.82, 2.24) is 14.4 Å². The highest BCUT2D eigenvalue weighted by atomic mass is 16.2. The number of aromatic nitrogens is 1. The molecule has 2 amide bonds. The van der Waals surface area contributed by atoms with E-state index in [0.29, 0.717) is 31.1 Å². The topological polar surface area (TPSA) is 45.6 Å². The normalized spacial score (nSPS) is 11.0. The molecule has 0 atom stereocenters. The second-order valence-electron chi connectivity index (χ2n) is 9.30. The van der Waals surface area contributed by atoms with Crippen molar-refractivity contribution in [3.63, 3.8) is 0 Å². The highest BCUT2D eigenvalue weighted by Gasteiger charge is 2.23. The molecule has 0 radical (unpaired) electrons. The molecule has 5 nitrogen and oxygen atoms in total. The minimum atomic E-state index is -0.0928. The van der Waals surface area contributed by atoms with E-state index in [-0.39, 0.29) is 18.4 Å². The number of amides is 2. The molecule has 0 bridgehead atoms. The van der Waals surface area contributed by atoms with Crippen molar-refractivity contribution in [3.05, 3.63) is 84.2 Å². The molecular weight excluding hydrogens is 422 g/mol. The molecule has 1 heterocycles. The summed E-state index contributed by atoms with van der Waals surface area (Å²) in [4.78, 5) is 30.4. The highest BCUT2D eigenvalue weighted by Crippen LogP contribution is 2.20. The van der Waals surface area contributed by atoms with E-state index in [4.69, 9.17) is 0 Å². The van der Waals surface area contributed by atoms with E-state index in [9.17, 15) is 9.59 Å². The van der Waals surface area contributed by atoms with Crippen molar-refractivity contribution in [3.8, 4) is 11.1 Å². The van der Waals surface area contributed by atoms with Crippen LogP contribution in [0.1, 0.15) is 49.7 Å². The monoisotopic (exact) mass is 459 g/mol. The second-order valence-corrected chi connectivity index (χ2v) is 9.30. The van der Waals surface area contributed by atoms with E-state index >= 15 is 0 Å². The van der Waals surface area contributed by atoms with E-state index in [1.807, 2.05) is 77.3 Å². The SMILES string of the molecule is CCCCN(CC(=O)N(Cc1cccn1C)CC(C)C)C(=O)c1ccc(-c2ccccc2)cc1. The summed E-state index contributed by atoms with van der Waals surface area (Å²) in [6.45, 7) is 8.18. The van der Waals surface area contributed by atoms with Crippen LogP contribution in [0, 0.1) is 5.92 Å². The lowest BCUT2D eigenvalue weighted by atomic mass is 10.0. The minimum Gasteiger partial charge on any atom is -0.353 e. The summed E-state index contributed by atoms with van der Waals surface area (Å²) >= 11 is 0. The largest absolute Gasteiger partial charge is 0.353 e. The van der Waals surface area contributed by atoms with Crippen LogP contribution in [0.15, 0.2) is 72.9 Å². The molecule has 3 rings (SSSR count). The number of carbonyl (C=O) groups is 2. The van der Waals surface area contributed by atoms with Crippen molar-refractivity contribution < 1.29 is 9.59 Å². The predicted octanol–water partition coefficient (Wildman–Crippen LogP) is 5.62. The average molecular weight is 460 g/mol. The van der Waals surface area contributed by atoms with Gasteiger partial charge in [0.05, 0.1) is 6.54 Å². The lowest BCUT2D eigenvalue weighted by Gasteiger charge is -2.29. The molecular formula is C29H37N3O2. The lowest BCUT2D eigenvalue weighted by Crippen LogP contribution is -2.44. The number of aryl methyl sites for hydroxylation is 1. The molecule has 0 spiro atoms. The molecule has 1 aromatic heterocycles. The van der Waals surface area contributed by atoms with Crippen LogP contribution in [0.5, 0.6) is 0 Å². The molecule has 0 aliphatic heterocycles. The number of hydrogen-bond acceptors (Lipinski definition) is 2. The predicted molar refractivity (Wildman–Crippen MR) is 138 cm³/mol. The van der Waals surface area contributed by atoms with Crippen LogP contribution in [0.4, 0.5) is 0 Å². The van der Waals surface area contributed by atoms with E-state index in [0.717, 1.165) is 29.7 Å². The van der Waals surface area contributed by atoms with Crippen molar-refractivity contribution >= 4 is 11.8 Å². The van der Waals surface area contributed by atoms with Crippen molar-refractivity contribution in [2.24, 2.45) is 13.0 Å². The van der Waals surface area contributed by atoms with Gasteiger partial charge in [-0.15, -0.1) is 0 Å². The van der Waals surface area contributed by atoms with Gasteiger partial charge in [0, 0.05) is 37.6 Å². The molecule has 0 aliphatic rings. The maximum absolute atomic E-state index is 13.4. The molecule has 180 valence electrons. The maximum atomic E-state index is 13.4. The minimum absolute atomic E-state index is 0.0136. The Balaban J connectivity index is 1.76. The van der Waals surface area contributed by atoms with Crippen molar-refractivity contribution in [1.29, 1.82) is 0 Å². The van der Waals surface area contributed by atoms with Crippen LogP contribution >= 0.6 is 0 Å². The standard InChI is InChI=1S/C29H37N3O2/c1-5-6-19-31(22-28(33)32(20-23(2)3)21-27-13-10-18-30(27)4)29(34)26-16-14-25(15-17-26)24-11-8-7-9-12-24/h7-18,23H,5-6,19-22H2,1-4H3. The number of carbonyl (C=O) groups excluding carboxylic acids is 2. The highest BCUT2D eigenvalue weighted by molar-refractivity contribution is 5.97. The first-order valence-electron chi connectivity index (χ1n) is 12.2. The zero-order valence-corrected chi connectivity index (χ0v) is 20.9. The van der Waals surface area contributed by atoms with Gasteiger partial charge in [0.25, 0.3) is 5.91 Å². The van der Waals surface area contributed by atoms with Crippen LogP contribution in [0.3, 0.4) is 0 Å². The lowest BCUT2D eigenvalue weighted by molar-refractivity contribution is -0.133. The van der Waals surface area contributed by atoms with Crippen LogP contribution in [-0.4, -0.2) is 45.8 Å². The zero-order chi connectivity index (χ0) is 24.5. The summed E-state index contributed by atoms with van der Waals surface area (Å²) in [7, 11) is 1.99. The molecule has 0 saturated heterocycles. The number of benzene rings is 2. The molecule has 0 aliphatic carbocycles. The van der Waals surface area contributed by atoms with E-state index in [1.54, 1.807) is 4.90 Å². The third-order valence-electron chi connectivity index (χ3n) is 5.98. The summed E-state index contributed by atoms with van der Waals surface area (Å²) in [5.41, 5.74) is 3.88. The van der Waals surface area contributed by atoms with Gasteiger partial charge in [0.15, 0.2) is 0 Å². The Kier molecular flexibility index (Phi) is 9.08. The second kappa shape index (κ2) is 12.2. The third-order valence-corrected chi connectivity index (χ3v) is 5.98. The summed E-state index contributed by atoms with van der Waals surface area (Å²) in [5, 5.41) is 0. The van der Waals surface area contributed by atoms with Crippen LogP contribution in [0.25, 0.3) is 11.1 Å². The average Bonchev–Trinajstić information content (AvgIpc) is 3.25. The molecule has 2 aromatic carbocycles. The van der Waals surface area contributed by atoms with Gasteiger partial charge in [0.2, 0.25) is 5.91 Å². The van der Waals surface area contributed by atoms with E-state index in [2.05, 4.69) is 32.9 Å². The van der Waals surface area contributed by atoms with Crippen molar-refractivity contribution in [2.45, 2.75) is 40.2 Å². The number of hydrogen-bond donors (Lipinski definition) is 0. The zero-order valence-electron chi connectivity index (χ0n) is 20.9.